The summed E-state index contributed by atoms with van der Waals surface area (Å²) in [5.74, 6) is 3.79. The van der Waals surface area contributed by atoms with Crippen molar-refractivity contribution in [1.29, 1.82) is 0 Å². The molecular formula is C29H52. The van der Waals surface area contributed by atoms with Gasteiger partial charge in [-0.3, -0.25) is 0 Å². The van der Waals surface area contributed by atoms with Crippen molar-refractivity contribution < 1.29 is 0 Å². The van der Waals surface area contributed by atoms with Crippen LogP contribution in [0.25, 0.3) is 0 Å². The number of fused-ring (bicyclic) bond motifs is 5. The van der Waals surface area contributed by atoms with Crippen LogP contribution in [-0.4, -0.2) is 0 Å². The zero-order valence-corrected chi connectivity index (χ0v) is 21.1. The topological polar surface area (TPSA) is 0 Å². The Labute approximate surface area is 184 Å². The van der Waals surface area contributed by atoms with Gasteiger partial charge >= 0.3 is 0 Å². The van der Waals surface area contributed by atoms with E-state index in [1.54, 1.807) is 0 Å². The van der Waals surface area contributed by atoms with E-state index < -0.39 is 0 Å². The third-order valence-electron chi connectivity index (χ3n) is 8.81. The maximum absolute atomic E-state index is 4.32. The van der Waals surface area contributed by atoms with Crippen molar-refractivity contribution in [2.24, 2.45) is 34.5 Å². The summed E-state index contributed by atoms with van der Waals surface area (Å²) in [6, 6.07) is 0. The predicted molar refractivity (Wildman–Crippen MR) is 133 cm³/mol. The Hall–Kier alpha value is -0.780. The minimum Gasteiger partial charge on any atom is -0.106 e. The lowest BCUT2D eigenvalue weighted by atomic mass is 9.48. The largest absolute Gasteiger partial charge is 0.106 e. The Bertz CT molecular complexity index is 540. The third kappa shape index (κ3) is 4.77. The lowest BCUT2D eigenvalue weighted by Gasteiger charge is -2.56. The van der Waals surface area contributed by atoms with Gasteiger partial charge in [0.1, 0.15) is 0 Å². The molecule has 4 rings (SSSR count). The van der Waals surface area contributed by atoms with Crippen LogP contribution in [-0.2, 0) is 0 Å². The highest BCUT2D eigenvalue weighted by Gasteiger charge is 2.56. The summed E-state index contributed by atoms with van der Waals surface area (Å²) in [6.45, 7) is 26.0. The fraction of sp³-hybridized carbons (Fsp3) is 0.793. The van der Waals surface area contributed by atoms with E-state index in [0.29, 0.717) is 10.8 Å². The molecule has 4 aliphatic carbocycles. The van der Waals surface area contributed by atoms with Crippen molar-refractivity contribution in [3.8, 4) is 0 Å². The summed E-state index contributed by atoms with van der Waals surface area (Å²) in [5, 5.41) is 0. The highest BCUT2D eigenvalue weighted by molar-refractivity contribution is 5.30. The molecule has 0 heterocycles. The van der Waals surface area contributed by atoms with E-state index in [9.17, 15) is 0 Å². The Morgan fingerprint density at radius 2 is 1.66 bits per heavy atom. The highest BCUT2D eigenvalue weighted by Crippen LogP contribution is 2.66. The number of hydrogen-bond acceptors (Lipinski definition) is 0. The van der Waals surface area contributed by atoms with Gasteiger partial charge in [-0.05, 0) is 85.9 Å². The molecule has 6 atom stereocenters. The third-order valence-corrected chi connectivity index (χ3v) is 8.81. The smallest absolute Gasteiger partial charge is 0.00792 e. The van der Waals surface area contributed by atoms with E-state index in [0.717, 1.165) is 23.7 Å². The average molecular weight is 401 g/mol. The first-order chi connectivity index (χ1) is 14.0. The van der Waals surface area contributed by atoms with Crippen LogP contribution in [0.5, 0.6) is 0 Å². The van der Waals surface area contributed by atoms with Crippen LogP contribution in [0, 0.1) is 34.5 Å². The van der Waals surface area contributed by atoms with Gasteiger partial charge in [0.25, 0.3) is 0 Å². The van der Waals surface area contributed by atoms with Crippen LogP contribution in [0.2, 0.25) is 0 Å². The van der Waals surface area contributed by atoms with Crippen molar-refractivity contribution in [2.75, 3.05) is 0 Å². The second-order valence-electron chi connectivity index (χ2n) is 9.79. The van der Waals surface area contributed by atoms with Crippen molar-refractivity contribution in [3.05, 3.63) is 37.0 Å². The Morgan fingerprint density at radius 1 is 1.00 bits per heavy atom. The number of rotatable bonds is 2. The monoisotopic (exact) mass is 400 g/mol. The molecule has 29 heavy (non-hydrogen) atoms. The molecule has 6 unspecified atom stereocenters. The first kappa shape index (κ1) is 26.3. The number of allylic oxidation sites excluding steroid dienone is 3. The molecule has 168 valence electrons. The number of hydrogen-bond donors (Lipinski definition) is 0. The zero-order chi connectivity index (χ0) is 22.2. The molecule has 0 bridgehead atoms. The zero-order valence-electron chi connectivity index (χ0n) is 21.1. The van der Waals surface area contributed by atoms with Gasteiger partial charge in [0.15, 0.2) is 0 Å². The van der Waals surface area contributed by atoms with Crippen molar-refractivity contribution in [1.82, 2.24) is 0 Å². The van der Waals surface area contributed by atoms with Crippen molar-refractivity contribution in [2.45, 2.75) is 113 Å². The molecule has 0 radical (unpaired) electrons. The Morgan fingerprint density at radius 3 is 2.28 bits per heavy atom. The van der Waals surface area contributed by atoms with Gasteiger partial charge in [0.05, 0.1) is 0 Å². The van der Waals surface area contributed by atoms with Gasteiger partial charge in [-0.2, -0.15) is 0 Å². The first-order valence-electron chi connectivity index (χ1n) is 12.9. The molecule has 3 saturated carbocycles. The van der Waals surface area contributed by atoms with Crippen LogP contribution in [0.15, 0.2) is 37.0 Å². The minimum atomic E-state index is 0.508. The van der Waals surface area contributed by atoms with Gasteiger partial charge in [-0.15, -0.1) is 13.2 Å². The van der Waals surface area contributed by atoms with Gasteiger partial charge in [0.2, 0.25) is 0 Å². The summed E-state index contributed by atoms with van der Waals surface area (Å²) < 4.78 is 0. The molecule has 0 spiro atoms. The highest BCUT2D eigenvalue weighted by atomic mass is 14.6. The molecule has 0 nitrogen and oxygen atoms in total. The quantitative estimate of drug-likeness (QED) is 0.404. The minimum absolute atomic E-state index is 0.508. The molecule has 0 amide bonds. The van der Waals surface area contributed by atoms with Crippen molar-refractivity contribution >= 4 is 0 Å². The standard InChI is InChI=1S/C23H36.2C2H6.C2H4/c1-5-6-17-8-10-20-19-9-7-18-15-16(2)11-13-23(18,4)21(19)12-14-22(17,20)3;3*1-2/h12,17-20H,2,5-11,13-15H2,1,3-4H3;2*1-2H3;1-2H2. The molecule has 0 aromatic heterocycles. The normalized spacial score (nSPS) is 39.6. The molecule has 0 aliphatic heterocycles. The van der Waals surface area contributed by atoms with E-state index >= 15 is 0 Å². The van der Waals surface area contributed by atoms with E-state index in [1.165, 1.54) is 69.8 Å². The summed E-state index contributed by atoms with van der Waals surface area (Å²) in [6.07, 6.45) is 16.9. The Kier molecular flexibility index (Phi) is 10.5. The van der Waals surface area contributed by atoms with Crippen LogP contribution < -0.4 is 0 Å². The second-order valence-corrected chi connectivity index (χ2v) is 9.79. The van der Waals surface area contributed by atoms with Gasteiger partial charge in [0, 0.05) is 0 Å². The fourth-order valence-corrected chi connectivity index (χ4v) is 7.35. The first-order valence-corrected chi connectivity index (χ1v) is 12.9. The lowest BCUT2D eigenvalue weighted by molar-refractivity contribution is 0.0373. The fourth-order valence-electron chi connectivity index (χ4n) is 7.35. The van der Waals surface area contributed by atoms with E-state index in [4.69, 9.17) is 0 Å². The van der Waals surface area contributed by atoms with E-state index in [1.807, 2.05) is 33.3 Å². The lowest BCUT2D eigenvalue weighted by Crippen LogP contribution is -2.47. The molecule has 0 aromatic rings. The molecule has 3 fully saturated rings. The molecule has 4 aliphatic rings. The van der Waals surface area contributed by atoms with Crippen LogP contribution >= 0.6 is 0 Å². The SMILES string of the molecule is C=C.C=C1CCC2(C)C3=CCC4(C)C(CCC)CCC4C3CCC2C1.CC.CC. The van der Waals surface area contributed by atoms with Crippen LogP contribution in [0.3, 0.4) is 0 Å². The molecule has 0 saturated heterocycles. The summed E-state index contributed by atoms with van der Waals surface area (Å²) in [7, 11) is 0. The molecule has 0 heteroatoms. The molecule has 0 N–H and O–H groups in total. The molecular weight excluding hydrogens is 348 g/mol. The predicted octanol–water partition coefficient (Wildman–Crippen LogP) is 9.78. The average Bonchev–Trinajstić information content (AvgIpc) is 3.10. The molecule has 0 aromatic carbocycles. The van der Waals surface area contributed by atoms with Gasteiger partial charge in [-0.25, -0.2) is 0 Å². The van der Waals surface area contributed by atoms with Crippen molar-refractivity contribution in [3.63, 3.8) is 0 Å². The summed E-state index contributed by atoms with van der Waals surface area (Å²) in [4.78, 5) is 0. The summed E-state index contributed by atoms with van der Waals surface area (Å²) >= 11 is 0. The maximum atomic E-state index is 4.32. The van der Waals surface area contributed by atoms with E-state index in [-0.39, 0.29) is 0 Å². The van der Waals surface area contributed by atoms with Crippen LogP contribution in [0.4, 0.5) is 0 Å². The maximum Gasteiger partial charge on any atom is -0.00792 e. The summed E-state index contributed by atoms with van der Waals surface area (Å²) in [5.41, 5.74) is 4.55. The van der Waals surface area contributed by atoms with Gasteiger partial charge in [-0.1, -0.05) is 85.1 Å². The van der Waals surface area contributed by atoms with E-state index in [2.05, 4.69) is 46.6 Å². The van der Waals surface area contributed by atoms with Crippen LogP contribution in [0.1, 0.15) is 113 Å². The second kappa shape index (κ2) is 11.6. The Balaban J connectivity index is 0.000000644. The van der Waals surface area contributed by atoms with Gasteiger partial charge < -0.3 is 0 Å².